The van der Waals surface area contributed by atoms with Crippen LogP contribution < -0.4 is 0 Å². The number of carbonyl (C=O) groups is 1. The molecule has 0 saturated carbocycles. The zero-order valence-electron chi connectivity index (χ0n) is 8.41. The maximum atomic E-state index is 10.2. The molecule has 1 nitrogen and oxygen atoms in total. The molecule has 0 amide bonds. The van der Waals surface area contributed by atoms with Crippen molar-refractivity contribution >= 4 is 6.29 Å². The molecular formula is C13H16O. The first kappa shape index (κ1) is 9.45. The Morgan fingerprint density at radius 1 is 1.36 bits per heavy atom. The zero-order valence-corrected chi connectivity index (χ0v) is 8.41. The van der Waals surface area contributed by atoms with Gasteiger partial charge in [-0.2, -0.15) is 0 Å². The second kappa shape index (κ2) is 4.41. The van der Waals surface area contributed by atoms with Crippen LogP contribution in [0.5, 0.6) is 0 Å². The van der Waals surface area contributed by atoms with Gasteiger partial charge >= 0.3 is 0 Å². The standard InChI is InChI=1S/C13H16O/c14-10-4-3-6-12-9-8-11-5-1-2-7-13(11)12/h1-2,5,7,10,12H,3-4,6,8-9H2. The van der Waals surface area contributed by atoms with Crippen molar-refractivity contribution in [2.75, 3.05) is 0 Å². The van der Waals surface area contributed by atoms with Crippen LogP contribution in [-0.2, 0) is 11.2 Å². The summed E-state index contributed by atoms with van der Waals surface area (Å²) >= 11 is 0. The predicted octanol–water partition coefficient (Wildman–Crippen LogP) is 3.09. The van der Waals surface area contributed by atoms with Crippen molar-refractivity contribution in [3.63, 3.8) is 0 Å². The van der Waals surface area contributed by atoms with Gasteiger partial charge in [-0.25, -0.2) is 0 Å². The number of aldehydes is 1. The molecule has 0 fully saturated rings. The third-order valence-corrected chi connectivity index (χ3v) is 3.13. The number of aryl methyl sites for hydroxylation is 1. The van der Waals surface area contributed by atoms with E-state index in [9.17, 15) is 4.79 Å². The normalized spacial score (nSPS) is 19.3. The molecule has 0 heterocycles. The van der Waals surface area contributed by atoms with Crippen LogP contribution in [0.1, 0.15) is 42.7 Å². The highest BCUT2D eigenvalue weighted by atomic mass is 16.1. The second-order valence-corrected chi connectivity index (χ2v) is 4.03. The average molecular weight is 188 g/mol. The molecule has 0 saturated heterocycles. The van der Waals surface area contributed by atoms with Gasteiger partial charge in [-0.1, -0.05) is 24.3 Å². The lowest BCUT2D eigenvalue weighted by molar-refractivity contribution is -0.107. The fourth-order valence-corrected chi connectivity index (χ4v) is 2.39. The molecule has 1 aliphatic rings. The Bertz CT molecular complexity index is 317. The smallest absolute Gasteiger partial charge is 0.119 e. The van der Waals surface area contributed by atoms with Crippen molar-refractivity contribution in [1.29, 1.82) is 0 Å². The van der Waals surface area contributed by atoms with Crippen LogP contribution in [-0.4, -0.2) is 6.29 Å². The molecule has 0 bridgehead atoms. The topological polar surface area (TPSA) is 17.1 Å². The molecule has 1 aromatic rings. The van der Waals surface area contributed by atoms with Gasteiger partial charge in [-0.05, 0) is 42.7 Å². The lowest BCUT2D eigenvalue weighted by atomic mass is 9.96. The molecule has 1 unspecified atom stereocenters. The van der Waals surface area contributed by atoms with Crippen LogP contribution in [0.25, 0.3) is 0 Å². The number of hydrogen-bond acceptors (Lipinski definition) is 1. The zero-order chi connectivity index (χ0) is 9.80. The summed E-state index contributed by atoms with van der Waals surface area (Å²) in [4.78, 5) is 10.2. The lowest BCUT2D eigenvalue weighted by Crippen LogP contribution is -1.93. The van der Waals surface area contributed by atoms with Crippen LogP contribution in [0.4, 0.5) is 0 Å². The predicted molar refractivity (Wildman–Crippen MR) is 57.4 cm³/mol. The van der Waals surface area contributed by atoms with E-state index in [1.54, 1.807) is 0 Å². The molecule has 1 aromatic carbocycles. The van der Waals surface area contributed by atoms with Crippen LogP contribution in [0.3, 0.4) is 0 Å². The van der Waals surface area contributed by atoms with Crippen molar-refractivity contribution in [3.8, 4) is 0 Å². The van der Waals surface area contributed by atoms with Gasteiger partial charge in [0, 0.05) is 6.42 Å². The third kappa shape index (κ3) is 1.87. The summed E-state index contributed by atoms with van der Waals surface area (Å²) in [6.45, 7) is 0. The maximum Gasteiger partial charge on any atom is 0.119 e. The molecule has 74 valence electrons. The molecular weight excluding hydrogens is 172 g/mol. The highest BCUT2D eigenvalue weighted by Crippen LogP contribution is 2.35. The van der Waals surface area contributed by atoms with Gasteiger partial charge in [-0.3, -0.25) is 0 Å². The first-order chi connectivity index (χ1) is 6.92. The Kier molecular flexibility index (Phi) is 2.97. The molecule has 14 heavy (non-hydrogen) atoms. The SMILES string of the molecule is O=CCCCC1CCc2ccccc21. The van der Waals surface area contributed by atoms with Gasteiger partial charge < -0.3 is 4.79 Å². The van der Waals surface area contributed by atoms with Gasteiger partial charge in [0.15, 0.2) is 0 Å². The summed E-state index contributed by atoms with van der Waals surface area (Å²) in [5.74, 6) is 0.714. The van der Waals surface area contributed by atoms with Crippen LogP contribution >= 0.6 is 0 Å². The van der Waals surface area contributed by atoms with Gasteiger partial charge in [0.25, 0.3) is 0 Å². The summed E-state index contributed by atoms with van der Waals surface area (Å²) < 4.78 is 0. The van der Waals surface area contributed by atoms with Crippen molar-refractivity contribution in [2.24, 2.45) is 0 Å². The fraction of sp³-hybridized carbons (Fsp3) is 0.462. The van der Waals surface area contributed by atoms with E-state index in [-0.39, 0.29) is 0 Å². The van der Waals surface area contributed by atoms with Gasteiger partial charge in [0.2, 0.25) is 0 Å². The number of benzene rings is 1. The largest absolute Gasteiger partial charge is 0.303 e. The molecule has 0 aromatic heterocycles. The number of rotatable bonds is 4. The van der Waals surface area contributed by atoms with E-state index in [0.29, 0.717) is 5.92 Å². The van der Waals surface area contributed by atoms with Gasteiger partial charge in [-0.15, -0.1) is 0 Å². The molecule has 1 atom stereocenters. The van der Waals surface area contributed by atoms with Crippen molar-refractivity contribution < 1.29 is 4.79 Å². The summed E-state index contributed by atoms with van der Waals surface area (Å²) in [6.07, 6.45) is 6.47. The highest BCUT2D eigenvalue weighted by Gasteiger charge is 2.20. The van der Waals surface area contributed by atoms with E-state index >= 15 is 0 Å². The van der Waals surface area contributed by atoms with Crippen molar-refractivity contribution in [1.82, 2.24) is 0 Å². The van der Waals surface area contributed by atoms with E-state index in [4.69, 9.17) is 0 Å². The van der Waals surface area contributed by atoms with Gasteiger partial charge in [0.05, 0.1) is 0 Å². The summed E-state index contributed by atoms with van der Waals surface area (Å²) in [6, 6.07) is 8.71. The monoisotopic (exact) mass is 188 g/mol. The molecule has 2 rings (SSSR count). The second-order valence-electron chi connectivity index (χ2n) is 4.03. The number of fused-ring (bicyclic) bond motifs is 1. The Hall–Kier alpha value is -1.11. The van der Waals surface area contributed by atoms with Crippen LogP contribution in [0.15, 0.2) is 24.3 Å². The van der Waals surface area contributed by atoms with E-state index < -0.39 is 0 Å². The van der Waals surface area contributed by atoms with E-state index in [2.05, 4.69) is 24.3 Å². The van der Waals surface area contributed by atoms with Crippen LogP contribution in [0.2, 0.25) is 0 Å². The molecule has 0 aliphatic heterocycles. The first-order valence-corrected chi connectivity index (χ1v) is 5.43. The lowest BCUT2D eigenvalue weighted by Gasteiger charge is -2.09. The maximum absolute atomic E-state index is 10.2. The molecule has 0 spiro atoms. The molecule has 1 heteroatoms. The molecule has 1 aliphatic carbocycles. The number of hydrogen-bond donors (Lipinski definition) is 0. The number of unbranched alkanes of at least 4 members (excludes halogenated alkanes) is 1. The molecule has 0 N–H and O–H groups in total. The summed E-state index contributed by atoms with van der Waals surface area (Å²) in [5, 5.41) is 0. The number of carbonyl (C=O) groups excluding carboxylic acids is 1. The van der Waals surface area contributed by atoms with E-state index in [1.165, 1.54) is 30.4 Å². The Morgan fingerprint density at radius 3 is 3.07 bits per heavy atom. The highest BCUT2D eigenvalue weighted by molar-refractivity contribution is 5.49. The minimum atomic E-state index is 0.714. The Labute approximate surface area is 85.1 Å². The first-order valence-electron chi connectivity index (χ1n) is 5.43. The van der Waals surface area contributed by atoms with E-state index in [0.717, 1.165) is 19.1 Å². The average Bonchev–Trinajstić information content (AvgIpc) is 2.63. The third-order valence-electron chi connectivity index (χ3n) is 3.13. The van der Waals surface area contributed by atoms with Crippen molar-refractivity contribution in [2.45, 2.75) is 38.0 Å². The Balaban J connectivity index is 1.99. The fourth-order valence-electron chi connectivity index (χ4n) is 2.39. The van der Waals surface area contributed by atoms with Crippen molar-refractivity contribution in [3.05, 3.63) is 35.4 Å². The Morgan fingerprint density at radius 2 is 2.21 bits per heavy atom. The minimum Gasteiger partial charge on any atom is -0.303 e. The van der Waals surface area contributed by atoms with Gasteiger partial charge in [0.1, 0.15) is 6.29 Å². The summed E-state index contributed by atoms with van der Waals surface area (Å²) in [7, 11) is 0. The molecule has 0 radical (unpaired) electrons. The summed E-state index contributed by atoms with van der Waals surface area (Å²) in [5.41, 5.74) is 3.04. The minimum absolute atomic E-state index is 0.714. The van der Waals surface area contributed by atoms with E-state index in [1.807, 2.05) is 0 Å². The van der Waals surface area contributed by atoms with Crippen LogP contribution in [0, 0.1) is 0 Å². The quantitative estimate of drug-likeness (QED) is 0.524.